The molecule has 1 aliphatic carbocycles. The average Bonchev–Trinajstić information content (AvgIpc) is 2.73. The maximum Gasteiger partial charge on any atom is 0.354 e. The molecule has 0 spiro atoms. The highest BCUT2D eigenvalue weighted by Crippen LogP contribution is 2.71. The first-order chi connectivity index (χ1) is 16.0. The number of alkyl halides is 8. The Kier molecular flexibility index (Phi) is 8.33. The van der Waals surface area contributed by atoms with Crippen molar-refractivity contribution in [2.75, 3.05) is 13.2 Å². The van der Waals surface area contributed by atoms with Gasteiger partial charge in [0.2, 0.25) is 22.7 Å². The molecule has 0 bridgehead atoms. The summed E-state index contributed by atoms with van der Waals surface area (Å²) in [4.78, 5) is 23.8. The molecule has 12 heteroatoms. The van der Waals surface area contributed by atoms with Gasteiger partial charge < -0.3 is 9.47 Å². The molecule has 1 rings (SSSR count). The molecule has 1 fully saturated rings. The molecule has 206 valence electrons. The third-order valence-corrected chi connectivity index (χ3v) is 6.16. The van der Waals surface area contributed by atoms with Crippen LogP contribution in [0.25, 0.3) is 0 Å². The molecular weight excluding hydrogens is 504 g/mol. The van der Waals surface area contributed by atoms with Crippen molar-refractivity contribution in [3.63, 3.8) is 0 Å². The standard InChI is InChI=1S/C24H30F8O4/c1-9-11-19(25)20(26,13-36-16(33)10-12-35-17(34)18(6,7)8)21(27,14(2)3)22(28,15(4)5)24(31,32)23(19,29)30/h9H,1-2,4,10-13H2,3,5-8H3. The quantitative estimate of drug-likeness (QED) is 0.196. The molecule has 0 radical (unpaired) electrons. The minimum absolute atomic E-state index is 0.275. The maximum absolute atomic E-state index is 16.5. The molecule has 4 atom stereocenters. The van der Waals surface area contributed by atoms with Gasteiger partial charge in [0.15, 0.2) is 0 Å². The number of carbonyl (C=O) groups excluding carboxylic acids is 2. The predicted octanol–water partition coefficient (Wildman–Crippen LogP) is 6.35. The Balaban J connectivity index is 3.60. The van der Waals surface area contributed by atoms with Crippen LogP contribution in [0.3, 0.4) is 0 Å². The molecule has 0 saturated heterocycles. The Bertz CT molecular complexity index is 943. The van der Waals surface area contributed by atoms with E-state index < -0.39 is 89.1 Å². The molecule has 0 aromatic rings. The molecule has 4 nitrogen and oxygen atoms in total. The van der Waals surface area contributed by atoms with Crippen LogP contribution in [0, 0.1) is 5.41 Å². The van der Waals surface area contributed by atoms with E-state index in [0.29, 0.717) is 13.8 Å². The van der Waals surface area contributed by atoms with Gasteiger partial charge in [-0.2, -0.15) is 17.6 Å². The molecule has 0 heterocycles. The molecule has 0 aromatic heterocycles. The van der Waals surface area contributed by atoms with Crippen LogP contribution in [0.2, 0.25) is 0 Å². The number of carbonyl (C=O) groups is 2. The van der Waals surface area contributed by atoms with Crippen molar-refractivity contribution in [1.29, 1.82) is 0 Å². The molecule has 0 aromatic carbocycles. The summed E-state index contributed by atoms with van der Waals surface area (Å²) >= 11 is 0. The Morgan fingerprint density at radius 1 is 0.806 bits per heavy atom. The summed E-state index contributed by atoms with van der Waals surface area (Å²) in [5.74, 6) is -14.6. The second-order valence-electron chi connectivity index (χ2n) is 9.92. The van der Waals surface area contributed by atoms with Crippen molar-refractivity contribution >= 4 is 11.9 Å². The van der Waals surface area contributed by atoms with Crippen molar-refractivity contribution in [2.45, 2.75) is 82.0 Å². The van der Waals surface area contributed by atoms with Crippen LogP contribution in [-0.4, -0.2) is 59.7 Å². The minimum atomic E-state index is -6.18. The van der Waals surface area contributed by atoms with Crippen molar-refractivity contribution < 1.29 is 54.2 Å². The van der Waals surface area contributed by atoms with Crippen molar-refractivity contribution in [3.05, 3.63) is 37.0 Å². The first kappa shape index (κ1) is 31.6. The lowest BCUT2D eigenvalue weighted by Gasteiger charge is -2.61. The summed E-state index contributed by atoms with van der Waals surface area (Å²) in [6, 6.07) is 0. The average molecular weight is 534 g/mol. The molecule has 36 heavy (non-hydrogen) atoms. The van der Waals surface area contributed by atoms with Crippen molar-refractivity contribution in [2.24, 2.45) is 5.41 Å². The zero-order valence-corrected chi connectivity index (χ0v) is 20.7. The van der Waals surface area contributed by atoms with Gasteiger partial charge >= 0.3 is 23.8 Å². The highest BCUT2D eigenvalue weighted by atomic mass is 19.3. The predicted molar refractivity (Wildman–Crippen MR) is 116 cm³/mol. The fraction of sp³-hybridized carbons (Fsp3) is 0.667. The maximum atomic E-state index is 16.5. The Morgan fingerprint density at radius 3 is 1.67 bits per heavy atom. The van der Waals surface area contributed by atoms with Crippen LogP contribution in [-0.2, 0) is 19.1 Å². The summed E-state index contributed by atoms with van der Waals surface area (Å²) in [5, 5.41) is 0. The topological polar surface area (TPSA) is 52.6 Å². The van der Waals surface area contributed by atoms with Crippen molar-refractivity contribution in [1.82, 2.24) is 0 Å². The first-order valence-corrected chi connectivity index (χ1v) is 10.7. The number of esters is 2. The zero-order valence-electron chi connectivity index (χ0n) is 20.7. The second-order valence-corrected chi connectivity index (χ2v) is 9.92. The number of halogens is 8. The van der Waals surface area contributed by atoms with Crippen LogP contribution < -0.4 is 0 Å². The number of hydrogen-bond acceptors (Lipinski definition) is 4. The Hall–Kier alpha value is -2.40. The van der Waals surface area contributed by atoms with Crippen molar-refractivity contribution in [3.8, 4) is 0 Å². The van der Waals surface area contributed by atoms with E-state index in [9.17, 15) is 18.4 Å². The lowest BCUT2D eigenvalue weighted by Crippen LogP contribution is -2.88. The van der Waals surface area contributed by atoms with Crippen LogP contribution in [0.15, 0.2) is 37.0 Å². The third-order valence-electron chi connectivity index (χ3n) is 6.16. The van der Waals surface area contributed by atoms with Gasteiger partial charge in [0, 0.05) is 6.42 Å². The highest BCUT2D eigenvalue weighted by Gasteiger charge is 2.97. The van der Waals surface area contributed by atoms with Gasteiger partial charge in [0.25, 0.3) is 0 Å². The van der Waals surface area contributed by atoms with Gasteiger partial charge in [-0.15, -0.1) is 6.58 Å². The lowest BCUT2D eigenvalue weighted by molar-refractivity contribution is -0.401. The Labute approximate surface area is 204 Å². The van der Waals surface area contributed by atoms with Crippen LogP contribution in [0.1, 0.15) is 47.5 Å². The normalized spacial score (nSPS) is 33.4. The summed E-state index contributed by atoms with van der Waals surface area (Å²) < 4.78 is 134. The zero-order chi connectivity index (χ0) is 28.8. The number of ether oxygens (including phenoxy) is 2. The van der Waals surface area contributed by atoms with E-state index in [1.807, 2.05) is 0 Å². The van der Waals surface area contributed by atoms with E-state index in [1.54, 1.807) is 0 Å². The smallest absolute Gasteiger partial charge is 0.354 e. The van der Waals surface area contributed by atoms with E-state index in [1.165, 1.54) is 20.8 Å². The largest absolute Gasteiger partial charge is 0.465 e. The minimum Gasteiger partial charge on any atom is -0.465 e. The van der Waals surface area contributed by atoms with Gasteiger partial charge in [-0.1, -0.05) is 19.2 Å². The lowest BCUT2D eigenvalue weighted by atomic mass is 9.52. The van der Waals surface area contributed by atoms with E-state index in [-0.39, 0.29) is 6.08 Å². The van der Waals surface area contributed by atoms with Gasteiger partial charge in [-0.3, -0.25) is 9.59 Å². The summed E-state index contributed by atoms with van der Waals surface area (Å²) in [5.41, 5.74) is -24.2. The molecule has 1 aliphatic rings. The van der Waals surface area contributed by atoms with Crippen LogP contribution in [0.4, 0.5) is 35.1 Å². The fourth-order valence-electron chi connectivity index (χ4n) is 4.07. The summed E-state index contributed by atoms with van der Waals surface area (Å²) in [6.07, 6.45) is -2.46. The summed E-state index contributed by atoms with van der Waals surface area (Å²) in [7, 11) is 0. The molecule has 4 unspecified atom stereocenters. The monoisotopic (exact) mass is 534 g/mol. The van der Waals surface area contributed by atoms with E-state index >= 15 is 26.3 Å². The number of allylic oxidation sites excluding steroid dienone is 3. The van der Waals surface area contributed by atoms with E-state index in [4.69, 9.17) is 4.74 Å². The van der Waals surface area contributed by atoms with Crippen LogP contribution >= 0.6 is 0 Å². The molecule has 1 saturated carbocycles. The molecule has 0 aliphatic heterocycles. The van der Waals surface area contributed by atoms with E-state index in [2.05, 4.69) is 24.5 Å². The fourth-order valence-corrected chi connectivity index (χ4v) is 4.07. The highest BCUT2D eigenvalue weighted by molar-refractivity contribution is 5.76. The van der Waals surface area contributed by atoms with Gasteiger partial charge in [0.05, 0.1) is 11.8 Å². The van der Waals surface area contributed by atoms with E-state index in [0.717, 1.165) is 0 Å². The van der Waals surface area contributed by atoms with Crippen LogP contribution in [0.5, 0.6) is 0 Å². The Morgan fingerprint density at radius 2 is 1.28 bits per heavy atom. The van der Waals surface area contributed by atoms with Gasteiger partial charge in [-0.25, -0.2) is 17.6 Å². The second kappa shape index (κ2) is 9.48. The SMILES string of the molecule is C=CCC1(F)C(F)(F)C(F)(F)C(F)(C(=C)C)C(F)(C(=C)C)C1(F)COC(=O)CCOC(=O)C(C)(C)C. The van der Waals surface area contributed by atoms with Gasteiger partial charge in [-0.05, 0) is 45.8 Å². The number of rotatable bonds is 9. The summed E-state index contributed by atoms with van der Waals surface area (Å²) in [6.45, 7) is 11.1. The third kappa shape index (κ3) is 4.04. The number of hydrogen-bond donors (Lipinski definition) is 0. The van der Waals surface area contributed by atoms with Gasteiger partial charge in [0.1, 0.15) is 13.2 Å². The molecule has 0 N–H and O–H groups in total. The molecule has 0 amide bonds. The first-order valence-electron chi connectivity index (χ1n) is 10.7. The molecular formula is C24H30F8O4.